The van der Waals surface area contributed by atoms with Gasteiger partial charge in [0, 0.05) is 12.5 Å². The van der Waals surface area contributed by atoms with Crippen molar-refractivity contribution in [3.05, 3.63) is 11.6 Å². The summed E-state index contributed by atoms with van der Waals surface area (Å²) in [5.41, 5.74) is 1.36. The first-order valence-electron chi connectivity index (χ1n) is 10.3. The van der Waals surface area contributed by atoms with E-state index in [-0.39, 0.29) is 29.7 Å². The number of rotatable bonds is 2. The Bertz CT molecular complexity index is 537. The van der Waals surface area contributed by atoms with Gasteiger partial charge in [-0.1, -0.05) is 24.5 Å². The molecule has 0 saturated carbocycles. The Kier molecular flexibility index (Phi) is 4.93. The molecule has 0 bridgehead atoms. The van der Waals surface area contributed by atoms with Crippen LogP contribution < -0.4 is 0 Å². The number of nitrogens with zero attached hydrogens (tertiary/aromatic N) is 1. The van der Waals surface area contributed by atoms with Gasteiger partial charge < -0.3 is 14.4 Å². The van der Waals surface area contributed by atoms with Crippen LogP contribution in [0.1, 0.15) is 65.2 Å². The molecule has 25 heavy (non-hydrogen) atoms. The molecule has 0 spiro atoms. The lowest BCUT2D eigenvalue weighted by Gasteiger charge is -2.27. The van der Waals surface area contributed by atoms with E-state index in [9.17, 15) is 4.79 Å². The Morgan fingerprint density at radius 2 is 2.00 bits per heavy atom. The fourth-order valence-corrected chi connectivity index (χ4v) is 5.14. The third kappa shape index (κ3) is 3.66. The molecule has 0 aromatic heterocycles. The average molecular weight is 347 g/mol. The third-order valence-corrected chi connectivity index (χ3v) is 6.89. The van der Waals surface area contributed by atoms with Gasteiger partial charge in [-0.15, -0.1) is 0 Å². The predicted molar refractivity (Wildman–Crippen MR) is 97.3 cm³/mol. The van der Waals surface area contributed by atoms with Crippen molar-refractivity contribution in [2.75, 3.05) is 19.6 Å². The lowest BCUT2D eigenvalue weighted by molar-refractivity contribution is -0.145. The number of fused-ring (bicyclic) bond motifs is 3. The summed E-state index contributed by atoms with van der Waals surface area (Å²) in [4.78, 5) is 15.2. The van der Waals surface area contributed by atoms with Crippen molar-refractivity contribution in [1.82, 2.24) is 4.90 Å². The molecular formula is C21H33NO3. The van der Waals surface area contributed by atoms with Gasteiger partial charge in [-0.3, -0.25) is 4.79 Å². The number of carbonyl (C=O) groups excluding carboxylic acids is 1. The van der Waals surface area contributed by atoms with Gasteiger partial charge in [0.25, 0.3) is 0 Å². The van der Waals surface area contributed by atoms with Gasteiger partial charge in [-0.05, 0) is 65.5 Å². The summed E-state index contributed by atoms with van der Waals surface area (Å²) in [7, 11) is 0. The largest absolute Gasteiger partial charge is 0.459 e. The summed E-state index contributed by atoms with van der Waals surface area (Å²) in [5, 5.41) is 0. The van der Waals surface area contributed by atoms with Crippen LogP contribution in [0, 0.1) is 11.8 Å². The normalized spacial score (nSPS) is 44.7. The van der Waals surface area contributed by atoms with Gasteiger partial charge in [0.2, 0.25) is 0 Å². The maximum Gasteiger partial charge on any atom is 0.311 e. The molecule has 3 fully saturated rings. The third-order valence-electron chi connectivity index (χ3n) is 6.89. The van der Waals surface area contributed by atoms with Crippen molar-refractivity contribution in [1.29, 1.82) is 0 Å². The van der Waals surface area contributed by atoms with Crippen molar-refractivity contribution in [3.8, 4) is 0 Å². The molecule has 4 rings (SSSR count). The van der Waals surface area contributed by atoms with E-state index in [1.807, 2.05) is 0 Å². The minimum atomic E-state index is -0.0885. The summed E-state index contributed by atoms with van der Waals surface area (Å²) in [6.07, 6.45) is 11.9. The van der Waals surface area contributed by atoms with Crippen molar-refractivity contribution in [2.45, 2.75) is 83.0 Å². The van der Waals surface area contributed by atoms with Gasteiger partial charge in [0.1, 0.15) is 12.2 Å². The predicted octanol–water partition coefficient (Wildman–Crippen LogP) is 3.70. The Morgan fingerprint density at radius 1 is 1.24 bits per heavy atom. The monoisotopic (exact) mass is 347 g/mol. The first-order valence-corrected chi connectivity index (χ1v) is 10.3. The zero-order valence-electron chi connectivity index (χ0n) is 15.8. The number of likely N-dealkylation sites (tertiary alicyclic amines) is 1. The quantitative estimate of drug-likeness (QED) is 0.434. The minimum absolute atomic E-state index is 0.0259. The average Bonchev–Trinajstić information content (AvgIpc) is 3.23. The molecular weight excluding hydrogens is 314 g/mol. The number of ether oxygens (including phenoxy) is 2. The number of hydrogen-bond acceptors (Lipinski definition) is 4. The fourth-order valence-electron chi connectivity index (χ4n) is 5.14. The number of hydrogen-bond donors (Lipinski definition) is 0. The SMILES string of the molecule is C/C1=C\CC[C@@]2(C)O[C@H]2[C@H]2OC(=O)[C@@H](CN3CCCCCC3)[C@@H]2CC1. The summed E-state index contributed by atoms with van der Waals surface area (Å²) < 4.78 is 12.0. The highest BCUT2D eigenvalue weighted by Gasteiger charge is 2.62. The number of carbonyl (C=O) groups is 1. The van der Waals surface area contributed by atoms with E-state index in [2.05, 4.69) is 24.8 Å². The number of esters is 1. The molecule has 4 heteroatoms. The molecule has 5 atom stereocenters. The minimum Gasteiger partial charge on any atom is -0.459 e. The molecule has 140 valence electrons. The van der Waals surface area contributed by atoms with Crippen molar-refractivity contribution in [3.63, 3.8) is 0 Å². The molecule has 4 aliphatic rings. The molecule has 0 aromatic rings. The fraction of sp³-hybridized carbons (Fsp3) is 0.857. The topological polar surface area (TPSA) is 42.1 Å². The lowest BCUT2D eigenvalue weighted by atomic mass is 9.80. The smallest absolute Gasteiger partial charge is 0.311 e. The second kappa shape index (κ2) is 7.03. The lowest BCUT2D eigenvalue weighted by Crippen LogP contribution is -2.37. The van der Waals surface area contributed by atoms with Crippen LogP contribution in [0.25, 0.3) is 0 Å². The van der Waals surface area contributed by atoms with E-state index in [1.54, 1.807) is 0 Å². The highest BCUT2D eigenvalue weighted by atomic mass is 16.6. The van der Waals surface area contributed by atoms with Crippen LogP contribution in [-0.4, -0.2) is 48.3 Å². The molecule has 0 radical (unpaired) electrons. The zero-order valence-corrected chi connectivity index (χ0v) is 15.8. The first-order chi connectivity index (χ1) is 12.1. The van der Waals surface area contributed by atoms with E-state index in [1.165, 1.54) is 31.3 Å². The van der Waals surface area contributed by atoms with Gasteiger partial charge in [-0.2, -0.15) is 0 Å². The van der Waals surface area contributed by atoms with E-state index in [0.29, 0.717) is 5.92 Å². The molecule has 3 heterocycles. The standard InChI is InChI=1S/C21H33NO3/c1-15-8-7-11-21(2)19(25-21)18-16(10-9-15)17(20(23)24-18)14-22-12-5-3-4-6-13-22/h8,16-19H,3-7,9-14H2,1-2H3/b15-8+/t16-,17-,18-,19-,21+/m0/s1. The van der Waals surface area contributed by atoms with Crippen molar-refractivity contribution in [2.24, 2.45) is 11.8 Å². The second-order valence-electron chi connectivity index (χ2n) is 8.87. The number of epoxide rings is 1. The van der Waals surface area contributed by atoms with Gasteiger partial charge in [0.05, 0.1) is 11.5 Å². The van der Waals surface area contributed by atoms with Gasteiger partial charge in [-0.25, -0.2) is 0 Å². The highest BCUT2D eigenvalue weighted by Crippen LogP contribution is 2.50. The Hall–Kier alpha value is -0.870. The molecule has 3 aliphatic heterocycles. The highest BCUT2D eigenvalue weighted by molar-refractivity contribution is 5.75. The molecule has 3 saturated heterocycles. The van der Waals surface area contributed by atoms with Crippen LogP contribution in [0.5, 0.6) is 0 Å². The van der Waals surface area contributed by atoms with Crippen LogP contribution in [0.4, 0.5) is 0 Å². The Balaban J connectivity index is 1.51. The van der Waals surface area contributed by atoms with E-state index in [4.69, 9.17) is 9.47 Å². The van der Waals surface area contributed by atoms with Crippen LogP contribution in [0.15, 0.2) is 11.6 Å². The molecule has 0 aromatic carbocycles. The van der Waals surface area contributed by atoms with Crippen LogP contribution >= 0.6 is 0 Å². The van der Waals surface area contributed by atoms with E-state index in [0.717, 1.165) is 45.3 Å². The van der Waals surface area contributed by atoms with Crippen LogP contribution in [0.3, 0.4) is 0 Å². The van der Waals surface area contributed by atoms with Gasteiger partial charge >= 0.3 is 5.97 Å². The maximum atomic E-state index is 12.7. The summed E-state index contributed by atoms with van der Waals surface area (Å²) >= 11 is 0. The first kappa shape index (κ1) is 17.5. The molecule has 4 nitrogen and oxygen atoms in total. The second-order valence-corrected chi connectivity index (χ2v) is 8.87. The summed E-state index contributed by atoms with van der Waals surface area (Å²) in [6, 6.07) is 0. The van der Waals surface area contributed by atoms with E-state index >= 15 is 0 Å². The molecule has 0 N–H and O–H groups in total. The molecule has 0 amide bonds. The van der Waals surface area contributed by atoms with Gasteiger partial charge in [0.15, 0.2) is 0 Å². The Morgan fingerprint density at radius 3 is 2.76 bits per heavy atom. The van der Waals surface area contributed by atoms with E-state index < -0.39 is 0 Å². The van der Waals surface area contributed by atoms with Crippen molar-refractivity contribution < 1.29 is 14.3 Å². The van der Waals surface area contributed by atoms with Crippen LogP contribution in [-0.2, 0) is 14.3 Å². The molecule has 1 aliphatic carbocycles. The zero-order chi connectivity index (χ0) is 17.4. The summed E-state index contributed by atoms with van der Waals surface area (Å²) in [5.74, 6) is 0.366. The maximum absolute atomic E-state index is 12.7. The number of allylic oxidation sites excluding steroid dienone is 2. The summed E-state index contributed by atoms with van der Waals surface area (Å²) in [6.45, 7) is 7.57. The van der Waals surface area contributed by atoms with Crippen LogP contribution in [0.2, 0.25) is 0 Å². The Labute approximate surface area is 151 Å². The van der Waals surface area contributed by atoms with Crippen molar-refractivity contribution >= 4 is 5.97 Å². The molecule has 0 unspecified atom stereocenters.